The molecule has 13 heavy (non-hydrogen) atoms. The van der Waals surface area contributed by atoms with Gasteiger partial charge in [-0.2, -0.15) is 0 Å². The Morgan fingerprint density at radius 2 is 2.00 bits per heavy atom. The van der Waals surface area contributed by atoms with Crippen LogP contribution in [-0.2, 0) is 9.59 Å². The summed E-state index contributed by atoms with van der Waals surface area (Å²) in [7, 11) is 0. The van der Waals surface area contributed by atoms with Gasteiger partial charge in [0.05, 0.1) is 5.41 Å². The molecule has 0 aromatic carbocycles. The first-order valence-corrected chi connectivity index (χ1v) is 4.10. The molecule has 4 N–H and O–H groups in total. The maximum atomic E-state index is 11.1. The standard InChI is InChI=1S/C8H16N2O3/c1-8(2,7(12)13)5-6(11)10-4-3-9/h3-5,9H2,1-2H3,(H,10,11)(H,12,13). The van der Waals surface area contributed by atoms with Gasteiger partial charge in [0.2, 0.25) is 5.91 Å². The van der Waals surface area contributed by atoms with Gasteiger partial charge in [0.15, 0.2) is 0 Å². The SMILES string of the molecule is CC(C)(CC(=O)NCCN)C(=O)O. The van der Waals surface area contributed by atoms with E-state index in [1.165, 1.54) is 13.8 Å². The first-order chi connectivity index (χ1) is 5.90. The lowest BCUT2D eigenvalue weighted by molar-refractivity contribution is -0.149. The van der Waals surface area contributed by atoms with E-state index in [0.717, 1.165) is 0 Å². The summed E-state index contributed by atoms with van der Waals surface area (Å²) in [4.78, 5) is 21.7. The van der Waals surface area contributed by atoms with Crippen LogP contribution < -0.4 is 11.1 Å². The molecule has 0 bridgehead atoms. The topological polar surface area (TPSA) is 92.4 Å². The average Bonchev–Trinajstić information content (AvgIpc) is 1.99. The minimum absolute atomic E-state index is 0.0255. The number of amides is 1. The maximum Gasteiger partial charge on any atom is 0.309 e. The summed E-state index contributed by atoms with van der Waals surface area (Å²) >= 11 is 0. The van der Waals surface area contributed by atoms with E-state index in [1.807, 2.05) is 0 Å². The third-order valence-corrected chi connectivity index (χ3v) is 1.65. The fourth-order valence-electron chi connectivity index (χ4n) is 0.751. The molecule has 0 rings (SSSR count). The molecule has 1 amide bonds. The van der Waals surface area contributed by atoms with Crippen LogP contribution in [0.4, 0.5) is 0 Å². The van der Waals surface area contributed by atoms with Gasteiger partial charge in [0, 0.05) is 19.5 Å². The Kier molecular flexibility index (Phi) is 4.40. The highest BCUT2D eigenvalue weighted by Gasteiger charge is 2.29. The maximum absolute atomic E-state index is 11.1. The zero-order valence-corrected chi connectivity index (χ0v) is 7.96. The van der Waals surface area contributed by atoms with E-state index in [4.69, 9.17) is 10.8 Å². The molecule has 0 radical (unpaired) electrons. The van der Waals surface area contributed by atoms with Gasteiger partial charge in [0.1, 0.15) is 0 Å². The Morgan fingerprint density at radius 3 is 2.38 bits per heavy atom. The van der Waals surface area contributed by atoms with Crippen molar-refractivity contribution in [2.24, 2.45) is 11.1 Å². The van der Waals surface area contributed by atoms with E-state index in [2.05, 4.69) is 5.32 Å². The minimum atomic E-state index is -1.02. The van der Waals surface area contributed by atoms with Crippen molar-refractivity contribution in [2.45, 2.75) is 20.3 Å². The minimum Gasteiger partial charge on any atom is -0.481 e. The summed E-state index contributed by atoms with van der Waals surface area (Å²) in [5.74, 6) is -1.26. The summed E-state index contributed by atoms with van der Waals surface area (Å²) in [6.07, 6.45) is -0.0255. The van der Waals surface area contributed by atoms with Crippen LogP contribution in [0.3, 0.4) is 0 Å². The molecule has 0 spiro atoms. The Morgan fingerprint density at radius 1 is 1.46 bits per heavy atom. The van der Waals surface area contributed by atoms with Gasteiger partial charge in [-0.05, 0) is 13.8 Å². The average molecular weight is 188 g/mol. The molecule has 5 nitrogen and oxygen atoms in total. The van der Waals surface area contributed by atoms with Crippen LogP contribution in [0.2, 0.25) is 0 Å². The van der Waals surface area contributed by atoms with Crippen molar-refractivity contribution in [2.75, 3.05) is 13.1 Å². The first-order valence-electron chi connectivity index (χ1n) is 4.10. The summed E-state index contributed by atoms with van der Waals surface area (Å²) in [5, 5.41) is 11.2. The van der Waals surface area contributed by atoms with Gasteiger partial charge in [-0.25, -0.2) is 0 Å². The first kappa shape index (κ1) is 11.9. The Hall–Kier alpha value is -1.10. The second-order valence-corrected chi connectivity index (χ2v) is 3.50. The highest BCUT2D eigenvalue weighted by molar-refractivity contribution is 5.84. The number of rotatable bonds is 5. The van der Waals surface area contributed by atoms with Gasteiger partial charge >= 0.3 is 5.97 Å². The van der Waals surface area contributed by atoms with Crippen molar-refractivity contribution >= 4 is 11.9 Å². The van der Waals surface area contributed by atoms with Gasteiger partial charge < -0.3 is 16.2 Å². The molecule has 0 saturated carbocycles. The molecule has 0 aromatic rings. The van der Waals surface area contributed by atoms with Crippen molar-refractivity contribution in [1.82, 2.24) is 5.32 Å². The second kappa shape index (κ2) is 4.81. The fraction of sp³-hybridized carbons (Fsp3) is 0.750. The van der Waals surface area contributed by atoms with Crippen LogP contribution in [0.1, 0.15) is 20.3 Å². The van der Waals surface area contributed by atoms with Crippen LogP contribution in [0.5, 0.6) is 0 Å². The number of carboxylic acids is 1. The van der Waals surface area contributed by atoms with Crippen LogP contribution in [0.15, 0.2) is 0 Å². The van der Waals surface area contributed by atoms with Crippen molar-refractivity contribution < 1.29 is 14.7 Å². The van der Waals surface area contributed by atoms with Crippen LogP contribution >= 0.6 is 0 Å². The van der Waals surface area contributed by atoms with Gasteiger partial charge in [0.25, 0.3) is 0 Å². The molecular formula is C8H16N2O3. The smallest absolute Gasteiger partial charge is 0.309 e. The Bertz CT molecular complexity index is 202. The van der Waals surface area contributed by atoms with E-state index in [9.17, 15) is 9.59 Å². The van der Waals surface area contributed by atoms with Crippen molar-refractivity contribution in [3.63, 3.8) is 0 Å². The highest BCUT2D eigenvalue weighted by atomic mass is 16.4. The largest absolute Gasteiger partial charge is 0.481 e. The number of carbonyl (C=O) groups is 2. The lowest BCUT2D eigenvalue weighted by Gasteiger charge is -2.17. The quantitative estimate of drug-likeness (QED) is 0.545. The molecule has 0 heterocycles. The number of aliphatic carboxylic acids is 1. The Labute approximate surface area is 77.3 Å². The normalized spacial score (nSPS) is 11.0. The van der Waals surface area contributed by atoms with Crippen molar-refractivity contribution in [1.29, 1.82) is 0 Å². The zero-order valence-electron chi connectivity index (χ0n) is 7.96. The van der Waals surface area contributed by atoms with E-state index in [1.54, 1.807) is 0 Å². The summed E-state index contributed by atoms with van der Waals surface area (Å²) < 4.78 is 0. The zero-order chi connectivity index (χ0) is 10.5. The molecule has 0 atom stereocenters. The van der Waals surface area contributed by atoms with Crippen molar-refractivity contribution in [3.8, 4) is 0 Å². The predicted molar refractivity (Wildman–Crippen MR) is 48.1 cm³/mol. The van der Waals surface area contributed by atoms with Crippen LogP contribution in [0.25, 0.3) is 0 Å². The van der Waals surface area contributed by atoms with Crippen molar-refractivity contribution in [3.05, 3.63) is 0 Å². The molecule has 0 fully saturated rings. The molecule has 0 saturated heterocycles. The third-order valence-electron chi connectivity index (χ3n) is 1.65. The lowest BCUT2D eigenvalue weighted by atomic mass is 9.89. The molecule has 5 heteroatoms. The fourth-order valence-corrected chi connectivity index (χ4v) is 0.751. The molecule has 0 aliphatic rings. The molecule has 0 unspecified atom stereocenters. The lowest BCUT2D eigenvalue weighted by Crippen LogP contribution is -2.35. The summed E-state index contributed by atoms with van der Waals surface area (Å²) in [6, 6.07) is 0. The second-order valence-electron chi connectivity index (χ2n) is 3.50. The van der Waals surface area contributed by atoms with Gasteiger partial charge in [-0.15, -0.1) is 0 Å². The molecular weight excluding hydrogens is 172 g/mol. The van der Waals surface area contributed by atoms with E-state index in [-0.39, 0.29) is 12.3 Å². The van der Waals surface area contributed by atoms with Crippen LogP contribution in [0, 0.1) is 5.41 Å². The summed E-state index contributed by atoms with van der Waals surface area (Å²) in [6.45, 7) is 3.77. The molecule has 0 aliphatic carbocycles. The Balaban J connectivity index is 3.97. The van der Waals surface area contributed by atoms with E-state index < -0.39 is 11.4 Å². The monoisotopic (exact) mass is 188 g/mol. The summed E-state index contributed by atoms with van der Waals surface area (Å²) in [5.41, 5.74) is 4.15. The molecule has 0 aliphatic heterocycles. The number of nitrogens with two attached hydrogens (primary N) is 1. The number of hydrogen-bond donors (Lipinski definition) is 3. The van der Waals surface area contributed by atoms with E-state index >= 15 is 0 Å². The van der Waals surface area contributed by atoms with Gasteiger partial charge in [-0.3, -0.25) is 9.59 Å². The molecule has 76 valence electrons. The number of carbonyl (C=O) groups excluding carboxylic acids is 1. The predicted octanol–water partition coefficient (Wildman–Crippen LogP) is -0.438. The number of carboxylic acid groups (broad SMARTS) is 1. The number of nitrogens with one attached hydrogen (secondary N) is 1. The highest BCUT2D eigenvalue weighted by Crippen LogP contribution is 2.19. The van der Waals surface area contributed by atoms with Crippen LogP contribution in [-0.4, -0.2) is 30.1 Å². The number of hydrogen-bond acceptors (Lipinski definition) is 3. The van der Waals surface area contributed by atoms with E-state index in [0.29, 0.717) is 13.1 Å². The van der Waals surface area contributed by atoms with Gasteiger partial charge in [-0.1, -0.05) is 0 Å². The molecule has 0 aromatic heterocycles. The third kappa shape index (κ3) is 4.47.